The predicted molar refractivity (Wildman–Crippen MR) is 76.3 cm³/mol. The van der Waals surface area contributed by atoms with E-state index in [0.29, 0.717) is 5.02 Å². The van der Waals surface area contributed by atoms with Crippen molar-refractivity contribution in [2.75, 3.05) is 6.61 Å². The zero-order chi connectivity index (χ0) is 12.6. The van der Waals surface area contributed by atoms with Gasteiger partial charge in [0.1, 0.15) is 5.75 Å². The third-order valence-electron chi connectivity index (χ3n) is 2.80. The minimum absolute atomic E-state index is 0.681. The van der Waals surface area contributed by atoms with Crippen molar-refractivity contribution in [3.05, 3.63) is 65.2 Å². The van der Waals surface area contributed by atoms with Crippen LogP contribution in [0.15, 0.2) is 54.6 Å². The second kappa shape index (κ2) is 7.07. The molecule has 0 saturated heterocycles. The summed E-state index contributed by atoms with van der Waals surface area (Å²) in [6, 6.07) is 18.1. The number of halogens is 1. The van der Waals surface area contributed by atoms with E-state index >= 15 is 0 Å². The average molecular weight is 261 g/mol. The molecular weight excluding hydrogens is 244 g/mol. The third-order valence-corrected chi connectivity index (χ3v) is 3.11. The molecule has 18 heavy (non-hydrogen) atoms. The van der Waals surface area contributed by atoms with Gasteiger partial charge in [0.05, 0.1) is 11.6 Å². The van der Waals surface area contributed by atoms with Gasteiger partial charge >= 0.3 is 0 Å². The molecule has 0 aromatic heterocycles. The zero-order valence-electron chi connectivity index (χ0n) is 10.3. The lowest BCUT2D eigenvalue weighted by molar-refractivity contribution is 0.307. The maximum atomic E-state index is 6.01. The first-order chi connectivity index (χ1) is 8.86. The molecule has 0 unspecified atom stereocenters. The summed E-state index contributed by atoms with van der Waals surface area (Å²) in [4.78, 5) is 0. The fourth-order valence-electron chi connectivity index (χ4n) is 1.82. The summed E-state index contributed by atoms with van der Waals surface area (Å²) in [6.45, 7) is 0.719. The van der Waals surface area contributed by atoms with Crippen LogP contribution in [0.1, 0.15) is 18.4 Å². The van der Waals surface area contributed by atoms with E-state index in [0.717, 1.165) is 31.6 Å². The molecule has 0 saturated carbocycles. The SMILES string of the molecule is Clc1ccccc1OCCCCc1ccccc1. The van der Waals surface area contributed by atoms with Crippen LogP contribution in [-0.2, 0) is 6.42 Å². The van der Waals surface area contributed by atoms with Crippen LogP contribution in [0.25, 0.3) is 0 Å². The van der Waals surface area contributed by atoms with E-state index in [2.05, 4.69) is 24.3 Å². The molecule has 1 nitrogen and oxygen atoms in total. The first-order valence-corrected chi connectivity index (χ1v) is 6.65. The summed E-state index contributed by atoms with van der Waals surface area (Å²) in [6.07, 6.45) is 3.28. The number of aryl methyl sites for hydroxylation is 1. The molecule has 0 bridgehead atoms. The van der Waals surface area contributed by atoms with Gasteiger partial charge in [0.15, 0.2) is 0 Å². The molecule has 0 atom stereocenters. The molecular formula is C16H17ClO. The van der Waals surface area contributed by atoms with Gasteiger partial charge in [-0.15, -0.1) is 0 Å². The molecule has 0 N–H and O–H groups in total. The Labute approximate surface area is 113 Å². The fraction of sp³-hybridized carbons (Fsp3) is 0.250. The molecule has 0 spiro atoms. The van der Waals surface area contributed by atoms with Gasteiger partial charge in [-0.3, -0.25) is 0 Å². The smallest absolute Gasteiger partial charge is 0.137 e. The normalized spacial score (nSPS) is 10.3. The van der Waals surface area contributed by atoms with Crippen LogP contribution in [0, 0.1) is 0 Å². The molecule has 2 aromatic carbocycles. The second-order valence-corrected chi connectivity index (χ2v) is 4.63. The summed E-state index contributed by atoms with van der Waals surface area (Å²) in [5.41, 5.74) is 1.38. The van der Waals surface area contributed by atoms with Crippen LogP contribution >= 0.6 is 11.6 Å². The Kier molecular flexibility index (Phi) is 5.10. The molecule has 0 amide bonds. The number of unbranched alkanes of at least 4 members (excludes halogenated alkanes) is 1. The highest BCUT2D eigenvalue weighted by Gasteiger charge is 1.99. The van der Waals surface area contributed by atoms with Gasteiger partial charge in [-0.05, 0) is 37.0 Å². The van der Waals surface area contributed by atoms with E-state index in [1.54, 1.807) is 0 Å². The minimum atomic E-state index is 0.681. The minimum Gasteiger partial charge on any atom is -0.492 e. The van der Waals surface area contributed by atoms with E-state index in [4.69, 9.17) is 16.3 Å². The standard InChI is InChI=1S/C16H17ClO/c17-15-11-4-5-12-16(15)18-13-7-6-10-14-8-2-1-3-9-14/h1-5,8-9,11-12H,6-7,10,13H2. The maximum absolute atomic E-state index is 6.01. The molecule has 94 valence electrons. The number of hydrogen-bond donors (Lipinski definition) is 0. The largest absolute Gasteiger partial charge is 0.492 e. The molecule has 0 radical (unpaired) electrons. The van der Waals surface area contributed by atoms with Crippen molar-refractivity contribution in [3.8, 4) is 5.75 Å². The monoisotopic (exact) mass is 260 g/mol. The van der Waals surface area contributed by atoms with E-state index in [1.165, 1.54) is 5.56 Å². The van der Waals surface area contributed by atoms with E-state index in [1.807, 2.05) is 30.3 Å². The van der Waals surface area contributed by atoms with Crippen LogP contribution in [0.2, 0.25) is 5.02 Å². The predicted octanol–water partition coefficient (Wildman–Crippen LogP) is 4.74. The highest BCUT2D eigenvalue weighted by molar-refractivity contribution is 6.32. The Morgan fingerprint density at radius 1 is 0.833 bits per heavy atom. The molecule has 0 aliphatic carbocycles. The lowest BCUT2D eigenvalue weighted by atomic mass is 10.1. The topological polar surface area (TPSA) is 9.23 Å². The lowest BCUT2D eigenvalue weighted by Crippen LogP contribution is -1.98. The summed E-state index contributed by atoms with van der Waals surface area (Å²) in [5, 5.41) is 0.681. The molecule has 2 aromatic rings. The Bertz CT molecular complexity index is 468. The Balaban J connectivity index is 1.66. The summed E-state index contributed by atoms with van der Waals surface area (Å²) < 4.78 is 5.64. The van der Waals surface area contributed by atoms with Crippen molar-refractivity contribution in [3.63, 3.8) is 0 Å². The first-order valence-electron chi connectivity index (χ1n) is 6.27. The summed E-state index contributed by atoms with van der Waals surface area (Å²) >= 11 is 6.01. The molecule has 0 heterocycles. The summed E-state index contributed by atoms with van der Waals surface area (Å²) in [7, 11) is 0. The lowest BCUT2D eigenvalue weighted by Gasteiger charge is -2.07. The summed E-state index contributed by atoms with van der Waals surface area (Å²) in [5.74, 6) is 0.777. The van der Waals surface area contributed by atoms with E-state index < -0.39 is 0 Å². The quantitative estimate of drug-likeness (QED) is 0.682. The Hall–Kier alpha value is -1.47. The molecule has 0 aliphatic heterocycles. The molecule has 2 heteroatoms. The third kappa shape index (κ3) is 4.08. The van der Waals surface area contributed by atoms with Crippen molar-refractivity contribution >= 4 is 11.6 Å². The van der Waals surface area contributed by atoms with Gasteiger partial charge < -0.3 is 4.74 Å². The van der Waals surface area contributed by atoms with Crippen LogP contribution in [0.5, 0.6) is 5.75 Å². The van der Waals surface area contributed by atoms with Crippen molar-refractivity contribution in [1.29, 1.82) is 0 Å². The van der Waals surface area contributed by atoms with Crippen LogP contribution < -0.4 is 4.74 Å². The Morgan fingerprint density at radius 2 is 1.56 bits per heavy atom. The van der Waals surface area contributed by atoms with Gasteiger partial charge in [-0.2, -0.15) is 0 Å². The van der Waals surface area contributed by atoms with Crippen molar-refractivity contribution < 1.29 is 4.74 Å². The first kappa shape index (κ1) is 13.0. The molecule has 2 rings (SSSR count). The average Bonchev–Trinajstić information content (AvgIpc) is 2.42. The number of para-hydroxylation sites is 1. The fourth-order valence-corrected chi connectivity index (χ4v) is 2.01. The Morgan fingerprint density at radius 3 is 2.33 bits per heavy atom. The van der Waals surface area contributed by atoms with Crippen molar-refractivity contribution in [2.45, 2.75) is 19.3 Å². The van der Waals surface area contributed by atoms with Crippen LogP contribution in [0.4, 0.5) is 0 Å². The van der Waals surface area contributed by atoms with Crippen molar-refractivity contribution in [1.82, 2.24) is 0 Å². The van der Waals surface area contributed by atoms with Crippen LogP contribution in [-0.4, -0.2) is 6.61 Å². The van der Waals surface area contributed by atoms with E-state index in [-0.39, 0.29) is 0 Å². The van der Waals surface area contributed by atoms with Gasteiger partial charge in [0.25, 0.3) is 0 Å². The highest BCUT2D eigenvalue weighted by atomic mass is 35.5. The molecule has 0 aliphatic rings. The maximum Gasteiger partial charge on any atom is 0.137 e. The molecule has 0 fully saturated rings. The second-order valence-electron chi connectivity index (χ2n) is 4.22. The van der Waals surface area contributed by atoms with E-state index in [9.17, 15) is 0 Å². The number of rotatable bonds is 6. The number of benzene rings is 2. The van der Waals surface area contributed by atoms with Crippen molar-refractivity contribution in [2.24, 2.45) is 0 Å². The van der Waals surface area contributed by atoms with Gasteiger partial charge in [0, 0.05) is 0 Å². The van der Waals surface area contributed by atoms with Gasteiger partial charge in [0.2, 0.25) is 0 Å². The van der Waals surface area contributed by atoms with Gasteiger partial charge in [-0.25, -0.2) is 0 Å². The number of ether oxygens (including phenoxy) is 1. The number of hydrogen-bond acceptors (Lipinski definition) is 1. The van der Waals surface area contributed by atoms with Crippen LogP contribution in [0.3, 0.4) is 0 Å². The zero-order valence-corrected chi connectivity index (χ0v) is 11.1. The van der Waals surface area contributed by atoms with Gasteiger partial charge in [-0.1, -0.05) is 54.1 Å². The highest BCUT2D eigenvalue weighted by Crippen LogP contribution is 2.23.